The van der Waals surface area contributed by atoms with Crippen LogP contribution in [0.5, 0.6) is 0 Å². The van der Waals surface area contributed by atoms with Crippen molar-refractivity contribution in [2.75, 3.05) is 0 Å². The molecule has 0 fully saturated rings. The number of aromatic nitrogens is 2. The van der Waals surface area contributed by atoms with E-state index < -0.39 is 0 Å². The largest absolute Gasteiger partial charge is 0.342 e. The van der Waals surface area contributed by atoms with Crippen LogP contribution in [0, 0.1) is 11.3 Å². The average molecular weight is 482 g/mol. The summed E-state index contributed by atoms with van der Waals surface area (Å²) >= 11 is 0. The molecule has 6 heteroatoms. The number of fused-ring (bicyclic) bond motifs is 3. The van der Waals surface area contributed by atoms with E-state index in [1.807, 2.05) is 36.4 Å². The first-order valence-corrected chi connectivity index (χ1v) is 12.1. The van der Waals surface area contributed by atoms with E-state index in [1.165, 1.54) is 16.3 Å². The highest BCUT2D eigenvalue weighted by molar-refractivity contribution is 6.00. The summed E-state index contributed by atoms with van der Waals surface area (Å²) in [5.74, 6) is -0.263. The summed E-state index contributed by atoms with van der Waals surface area (Å²) in [4.78, 5) is 12.6. The van der Waals surface area contributed by atoms with Gasteiger partial charge in [0.25, 0.3) is 5.91 Å². The number of carbonyl (C=O) groups excluding carboxylic acids is 1. The number of nitriles is 1. The maximum atomic E-state index is 12.6. The van der Waals surface area contributed by atoms with Crippen LogP contribution in [-0.2, 0) is 17.9 Å². The molecule has 37 heavy (non-hydrogen) atoms. The van der Waals surface area contributed by atoms with E-state index in [0.717, 1.165) is 33.9 Å². The van der Waals surface area contributed by atoms with Gasteiger partial charge in [-0.1, -0.05) is 78.9 Å². The second-order valence-corrected chi connectivity index (χ2v) is 8.96. The van der Waals surface area contributed by atoms with Gasteiger partial charge in [-0.3, -0.25) is 4.79 Å². The van der Waals surface area contributed by atoms with Gasteiger partial charge in [-0.25, -0.2) is 5.43 Å². The monoisotopic (exact) mass is 481 g/mol. The van der Waals surface area contributed by atoms with Crippen LogP contribution in [0.1, 0.15) is 16.7 Å². The van der Waals surface area contributed by atoms with Crippen LogP contribution in [0.25, 0.3) is 32.6 Å². The predicted molar refractivity (Wildman–Crippen MR) is 147 cm³/mol. The molecule has 4 aromatic carbocycles. The molecule has 0 unspecified atom stereocenters. The Hall–Kier alpha value is -5.15. The molecule has 0 spiro atoms. The Morgan fingerprint density at radius 3 is 2.30 bits per heavy atom. The lowest BCUT2D eigenvalue weighted by atomic mass is 10.0. The molecular weight excluding hydrogens is 458 g/mol. The highest BCUT2D eigenvalue weighted by Crippen LogP contribution is 2.25. The zero-order valence-electron chi connectivity index (χ0n) is 20.0. The molecule has 6 aromatic rings. The first-order chi connectivity index (χ1) is 18.2. The number of para-hydroxylation sites is 2. The van der Waals surface area contributed by atoms with Crippen LogP contribution in [0.3, 0.4) is 0 Å². The van der Waals surface area contributed by atoms with Crippen LogP contribution in [0.4, 0.5) is 0 Å². The van der Waals surface area contributed by atoms with E-state index in [4.69, 9.17) is 0 Å². The van der Waals surface area contributed by atoms with E-state index in [0.29, 0.717) is 5.56 Å². The third-order valence-corrected chi connectivity index (χ3v) is 6.66. The number of rotatable bonds is 6. The SMILES string of the molecule is N#Cc1cn(CC(=O)NN=Cc2cn(Cc3cccc4ccccc34)c3ccccc23)c2ccccc12. The summed E-state index contributed by atoms with van der Waals surface area (Å²) in [5.41, 5.74) is 7.30. The molecule has 0 bridgehead atoms. The van der Waals surface area contributed by atoms with Gasteiger partial charge in [0.1, 0.15) is 12.6 Å². The normalized spacial score (nSPS) is 11.4. The molecule has 0 radical (unpaired) electrons. The third-order valence-electron chi connectivity index (χ3n) is 6.66. The Morgan fingerprint density at radius 2 is 1.49 bits per heavy atom. The van der Waals surface area contributed by atoms with Crippen molar-refractivity contribution in [3.8, 4) is 6.07 Å². The minimum atomic E-state index is -0.263. The Balaban J connectivity index is 1.23. The van der Waals surface area contributed by atoms with Crippen molar-refractivity contribution >= 4 is 44.7 Å². The van der Waals surface area contributed by atoms with Gasteiger partial charge >= 0.3 is 0 Å². The minimum Gasteiger partial charge on any atom is -0.342 e. The summed E-state index contributed by atoms with van der Waals surface area (Å²) in [6, 6.07) is 32.7. The van der Waals surface area contributed by atoms with Gasteiger partial charge in [-0.2, -0.15) is 10.4 Å². The third kappa shape index (κ3) is 4.24. The van der Waals surface area contributed by atoms with Gasteiger partial charge in [-0.05, 0) is 28.5 Å². The molecule has 0 aliphatic rings. The minimum absolute atomic E-state index is 0.0718. The highest BCUT2D eigenvalue weighted by Gasteiger charge is 2.11. The number of hydrazone groups is 1. The number of amides is 1. The molecule has 6 rings (SSSR count). The molecule has 1 N–H and O–H groups in total. The van der Waals surface area contributed by atoms with E-state index in [9.17, 15) is 10.1 Å². The molecule has 2 heterocycles. The maximum absolute atomic E-state index is 12.6. The lowest BCUT2D eigenvalue weighted by molar-refractivity contribution is -0.121. The first-order valence-electron chi connectivity index (χ1n) is 12.1. The van der Waals surface area contributed by atoms with Crippen LogP contribution in [-0.4, -0.2) is 21.3 Å². The van der Waals surface area contributed by atoms with Crippen LogP contribution >= 0.6 is 0 Å². The summed E-state index contributed by atoms with van der Waals surface area (Å²) < 4.78 is 3.99. The number of carbonyl (C=O) groups is 1. The summed E-state index contributed by atoms with van der Waals surface area (Å²) in [7, 11) is 0. The van der Waals surface area contributed by atoms with Crippen molar-refractivity contribution in [2.24, 2.45) is 5.10 Å². The Kier molecular flexibility index (Phi) is 5.72. The zero-order chi connectivity index (χ0) is 25.2. The number of nitrogens with one attached hydrogen (secondary N) is 1. The van der Waals surface area contributed by atoms with Crippen molar-refractivity contribution in [3.05, 3.63) is 120 Å². The van der Waals surface area contributed by atoms with Gasteiger partial charge in [0.2, 0.25) is 0 Å². The molecular formula is C31H23N5O. The van der Waals surface area contributed by atoms with Gasteiger partial charge in [0, 0.05) is 46.3 Å². The van der Waals surface area contributed by atoms with Crippen LogP contribution in [0.2, 0.25) is 0 Å². The number of hydrogen-bond acceptors (Lipinski definition) is 3. The second kappa shape index (κ2) is 9.48. The molecule has 0 aliphatic carbocycles. The molecule has 0 atom stereocenters. The smallest absolute Gasteiger partial charge is 0.259 e. The topological polar surface area (TPSA) is 75.1 Å². The number of hydrogen-bond donors (Lipinski definition) is 1. The average Bonchev–Trinajstić information content (AvgIpc) is 3.47. The van der Waals surface area contributed by atoms with Crippen LogP contribution in [0.15, 0.2) is 108 Å². The fraction of sp³-hybridized carbons (Fsp3) is 0.0645. The molecule has 178 valence electrons. The summed E-state index contributed by atoms with van der Waals surface area (Å²) in [6.07, 6.45) is 5.46. The van der Waals surface area contributed by atoms with Gasteiger partial charge < -0.3 is 9.13 Å². The maximum Gasteiger partial charge on any atom is 0.259 e. The van der Waals surface area contributed by atoms with Crippen molar-refractivity contribution in [1.29, 1.82) is 5.26 Å². The van der Waals surface area contributed by atoms with Gasteiger partial charge in [0.05, 0.1) is 11.8 Å². The lowest BCUT2D eigenvalue weighted by Gasteiger charge is -2.09. The Labute approximate surface area is 213 Å². The molecule has 6 nitrogen and oxygen atoms in total. The van der Waals surface area contributed by atoms with Gasteiger partial charge in [-0.15, -0.1) is 0 Å². The zero-order valence-corrected chi connectivity index (χ0v) is 20.0. The van der Waals surface area contributed by atoms with Crippen LogP contribution < -0.4 is 5.43 Å². The van der Waals surface area contributed by atoms with Crippen molar-refractivity contribution in [2.45, 2.75) is 13.1 Å². The predicted octanol–water partition coefficient (Wildman–Crippen LogP) is 5.82. The Bertz CT molecular complexity index is 1850. The summed E-state index contributed by atoms with van der Waals surface area (Å²) in [6.45, 7) is 0.798. The van der Waals surface area contributed by atoms with E-state index in [1.54, 1.807) is 17.0 Å². The molecule has 0 saturated carbocycles. The molecule has 0 saturated heterocycles. The van der Waals surface area contributed by atoms with Crippen molar-refractivity contribution in [3.63, 3.8) is 0 Å². The number of benzene rings is 4. The molecule has 2 aromatic heterocycles. The fourth-order valence-corrected chi connectivity index (χ4v) is 4.95. The first kappa shape index (κ1) is 22.3. The Morgan fingerprint density at radius 1 is 0.811 bits per heavy atom. The van der Waals surface area contributed by atoms with E-state index >= 15 is 0 Å². The second-order valence-electron chi connectivity index (χ2n) is 8.96. The van der Waals surface area contributed by atoms with Crippen molar-refractivity contribution in [1.82, 2.24) is 14.6 Å². The van der Waals surface area contributed by atoms with E-state index in [2.05, 4.69) is 82.0 Å². The van der Waals surface area contributed by atoms with Gasteiger partial charge in [0.15, 0.2) is 0 Å². The highest BCUT2D eigenvalue weighted by atomic mass is 16.2. The number of nitrogens with zero attached hydrogens (tertiary/aromatic N) is 4. The fourth-order valence-electron chi connectivity index (χ4n) is 4.95. The quantitative estimate of drug-likeness (QED) is 0.240. The van der Waals surface area contributed by atoms with E-state index in [-0.39, 0.29) is 12.5 Å². The summed E-state index contributed by atoms with van der Waals surface area (Å²) in [5, 5.41) is 18.0. The molecule has 0 aliphatic heterocycles. The lowest BCUT2D eigenvalue weighted by Crippen LogP contribution is -2.22. The van der Waals surface area contributed by atoms with Crippen molar-refractivity contribution < 1.29 is 4.79 Å². The standard InChI is InChI=1S/C31H23N5O/c32-16-24-19-36(29-14-5-3-12-27(24)29)21-31(37)34-33-17-25-20-35(30-15-6-4-13-28(25)30)18-23-10-7-9-22-8-1-2-11-26(22)23/h1-15,17,19-20H,18,21H2,(H,34,37). The molecule has 1 amide bonds.